The Morgan fingerprint density at radius 1 is 0.667 bits per heavy atom. The third kappa shape index (κ3) is 2.79. The Hall–Kier alpha value is -2.30. The van der Waals surface area contributed by atoms with Crippen molar-refractivity contribution in [1.82, 2.24) is 0 Å². The second kappa shape index (κ2) is 7.07. The molecule has 0 saturated carbocycles. The molecule has 0 bridgehead atoms. The zero-order valence-electron chi connectivity index (χ0n) is 13.7. The summed E-state index contributed by atoms with van der Waals surface area (Å²) in [6.07, 6.45) is 2.99. The zero-order valence-corrected chi connectivity index (χ0v) is 13.7. The molecule has 4 nitrogen and oxygen atoms in total. The lowest BCUT2D eigenvalue weighted by atomic mass is 9.78. The van der Waals surface area contributed by atoms with Gasteiger partial charge in [0, 0.05) is 22.3 Å². The molecule has 0 aromatic heterocycles. The summed E-state index contributed by atoms with van der Waals surface area (Å²) >= 11 is 0. The fourth-order valence-corrected chi connectivity index (χ4v) is 3.36. The van der Waals surface area contributed by atoms with Crippen LogP contribution >= 0.6 is 0 Å². The van der Waals surface area contributed by atoms with E-state index in [1.807, 2.05) is 12.1 Å². The smallest absolute Gasteiger partial charge is 0.194 e. The van der Waals surface area contributed by atoms with Gasteiger partial charge in [0.1, 0.15) is 0 Å². The van der Waals surface area contributed by atoms with Gasteiger partial charge in [-0.2, -0.15) is 0 Å². The molecule has 124 valence electrons. The zero-order chi connectivity index (χ0) is 17.1. The molecule has 0 spiro atoms. The van der Waals surface area contributed by atoms with Crippen LogP contribution < -0.4 is 11.5 Å². The molecule has 2 aromatic rings. The largest absolute Gasteiger partial charge is 0.330 e. The van der Waals surface area contributed by atoms with E-state index in [2.05, 4.69) is 0 Å². The molecule has 0 amide bonds. The standard InChI is InChI=1S/C20H22N2O2/c21-11-3-5-13-9-10-14(6-4-12-22)18-17(13)19(23)15-7-1-2-8-16(15)20(18)24/h1-2,7-10H,3-6,11-12,21-22H2. The molecule has 3 rings (SSSR count). The number of aryl methyl sites for hydroxylation is 2. The number of carbonyl (C=O) groups excluding carboxylic acids is 2. The van der Waals surface area contributed by atoms with Gasteiger partial charge in [-0.3, -0.25) is 9.59 Å². The molecule has 4 heteroatoms. The Morgan fingerprint density at radius 3 is 1.46 bits per heavy atom. The lowest BCUT2D eigenvalue weighted by molar-refractivity contribution is 0.0977. The van der Waals surface area contributed by atoms with Crippen LogP contribution in [0.2, 0.25) is 0 Å². The second-order valence-electron chi connectivity index (χ2n) is 6.12. The highest BCUT2D eigenvalue weighted by Crippen LogP contribution is 2.32. The van der Waals surface area contributed by atoms with E-state index in [4.69, 9.17) is 11.5 Å². The summed E-state index contributed by atoms with van der Waals surface area (Å²) in [5.41, 5.74) is 15.2. The van der Waals surface area contributed by atoms with Crippen molar-refractivity contribution in [1.29, 1.82) is 0 Å². The summed E-state index contributed by atoms with van der Waals surface area (Å²) < 4.78 is 0. The van der Waals surface area contributed by atoms with Gasteiger partial charge in [0.2, 0.25) is 0 Å². The maximum Gasteiger partial charge on any atom is 0.194 e. The van der Waals surface area contributed by atoms with Crippen molar-refractivity contribution in [2.24, 2.45) is 11.5 Å². The number of rotatable bonds is 6. The molecule has 0 fully saturated rings. The maximum atomic E-state index is 13.1. The van der Waals surface area contributed by atoms with E-state index < -0.39 is 0 Å². The van der Waals surface area contributed by atoms with Crippen LogP contribution in [0.25, 0.3) is 0 Å². The van der Waals surface area contributed by atoms with Crippen LogP contribution in [0.4, 0.5) is 0 Å². The van der Waals surface area contributed by atoms with Crippen molar-refractivity contribution in [2.75, 3.05) is 13.1 Å². The highest BCUT2D eigenvalue weighted by atomic mass is 16.1. The van der Waals surface area contributed by atoms with E-state index in [1.165, 1.54) is 0 Å². The minimum absolute atomic E-state index is 0.0539. The molecule has 0 saturated heterocycles. The van der Waals surface area contributed by atoms with Gasteiger partial charge >= 0.3 is 0 Å². The fourth-order valence-electron chi connectivity index (χ4n) is 3.36. The van der Waals surface area contributed by atoms with E-state index >= 15 is 0 Å². The monoisotopic (exact) mass is 322 g/mol. The van der Waals surface area contributed by atoms with E-state index in [0.29, 0.717) is 48.2 Å². The molecule has 0 unspecified atom stereocenters. The van der Waals surface area contributed by atoms with E-state index in [1.54, 1.807) is 24.3 Å². The Labute approximate surface area is 141 Å². The summed E-state index contributed by atoms with van der Waals surface area (Å²) in [6.45, 7) is 1.12. The first-order valence-electron chi connectivity index (χ1n) is 8.42. The summed E-state index contributed by atoms with van der Waals surface area (Å²) in [6, 6.07) is 11.0. The molecule has 0 aliphatic heterocycles. The number of nitrogens with two attached hydrogens (primary N) is 2. The normalized spacial score (nSPS) is 12.9. The highest BCUT2D eigenvalue weighted by molar-refractivity contribution is 6.29. The van der Waals surface area contributed by atoms with Gasteiger partial charge in [0.25, 0.3) is 0 Å². The van der Waals surface area contributed by atoms with Gasteiger partial charge < -0.3 is 11.5 Å². The summed E-state index contributed by atoms with van der Waals surface area (Å²) in [4.78, 5) is 26.1. The van der Waals surface area contributed by atoms with Crippen molar-refractivity contribution in [2.45, 2.75) is 25.7 Å². The first kappa shape index (κ1) is 16.6. The number of carbonyl (C=O) groups is 2. The van der Waals surface area contributed by atoms with Crippen LogP contribution in [0.3, 0.4) is 0 Å². The van der Waals surface area contributed by atoms with Crippen LogP contribution in [0.15, 0.2) is 36.4 Å². The van der Waals surface area contributed by atoms with Gasteiger partial charge in [0.15, 0.2) is 11.6 Å². The van der Waals surface area contributed by atoms with Crippen LogP contribution in [-0.2, 0) is 12.8 Å². The molecule has 4 N–H and O–H groups in total. The van der Waals surface area contributed by atoms with Crippen LogP contribution in [0, 0.1) is 0 Å². The van der Waals surface area contributed by atoms with E-state index in [9.17, 15) is 9.59 Å². The summed E-state index contributed by atoms with van der Waals surface area (Å²) in [5.74, 6) is -0.108. The topological polar surface area (TPSA) is 86.2 Å². The number of fused-ring (bicyclic) bond motifs is 2. The predicted molar refractivity (Wildman–Crippen MR) is 94.5 cm³/mol. The molecule has 2 aromatic carbocycles. The SMILES string of the molecule is NCCCc1ccc(CCCN)c2c1C(=O)c1ccccc1C2=O. The van der Waals surface area contributed by atoms with Gasteiger partial charge in [-0.1, -0.05) is 36.4 Å². The molecular formula is C20H22N2O2. The van der Waals surface area contributed by atoms with Gasteiger partial charge in [-0.25, -0.2) is 0 Å². The average Bonchev–Trinajstić information content (AvgIpc) is 2.62. The van der Waals surface area contributed by atoms with Crippen molar-refractivity contribution in [3.63, 3.8) is 0 Å². The van der Waals surface area contributed by atoms with Crippen molar-refractivity contribution in [3.05, 3.63) is 69.8 Å². The number of hydrogen-bond acceptors (Lipinski definition) is 4. The highest BCUT2D eigenvalue weighted by Gasteiger charge is 2.32. The van der Waals surface area contributed by atoms with Crippen LogP contribution in [-0.4, -0.2) is 24.7 Å². The maximum absolute atomic E-state index is 13.1. The van der Waals surface area contributed by atoms with Crippen LogP contribution in [0.5, 0.6) is 0 Å². The van der Waals surface area contributed by atoms with Gasteiger partial charge in [-0.15, -0.1) is 0 Å². The first-order chi connectivity index (χ1) is 11.7. The number of ketones is 2. The fraction of sp³-hybridized carbons (Fsp3) is 0.300. The molecule has 1 aliphatic rings. The van der Waals surface area contributed by atoms with Crippen molar-refractivity contribution in [3.8, 4) is 0 Å². The predicted octanol–water partition coefficient (Wildman–Crippen LogP) is 2.24. The first-order valence-corrected chi connectivity index (χ1v) is 8.42. The average molecular weight is 322 g/mol. The molecule has 24 heavy (non-hydrogen) atoms. The third-order valence-electron chi connectivity index (χ3n) is 4.55. The summed E-state index contributed by atoms with van der Waals surface area (Å²) in [5, 5.41) is 0. The molecule has 0 heterocycles. The van der Waals surface area contributed by atoms with E-state index in [0.717, 1.165) is 24.0 Å². The van der Waals surface area contributed by atoms with Crippen molar-refractivity contribution >= 4 is 11.6 Å². The van der Waals surface area contributed by atoms with Crippen molar-refractivity contribution < 1.29 is 9.59 Å². The minimum atomic E-state index is -0.0539. The Morgan fingerprint density at radius 2 is 1.08 bits per heavy atom. The molecule has 0 atom stereocenters. The Balaban J connectivity index is 2.18. The van der Waals surface area contributed by atoms with E-state index in [-0.39, 0.29) is 11.6 Å². The number of hydrogen-bond donors (Lipinski definition) is 2. The van der Waals surface area contributed by atoms with Gasteiger partial charge in [0.05, 0.1) is 0 Å². The lowest BCUT2D eigenvalue weighted by Crippen LogP contribution is -2.24. The Kier molecular flexibility index (Phi) is 4.88. The second-order valence-corrected chi connectivity index (χ2v) is 6.12. The summed E-state index contributed by atoms with van der Waals surface area (Å²) in [7, 11) is 0. The lowest BCUT2D eigenvalue weighted by Gasteiger charge is -2.23. The quantitative estimate of drug-likeness (QED) is 0.729. The molecular weight excluding hydrogens is 300 g/mol. The molecule has 0 radical (unpaired) electrons. The Bertz CT molecular complexity index is 730. The van der Waals surface area contributed by atoms with Gasteiger partial charge in [-0.05, 0) is 49.9 Å². The van der Waals surface area contributed by atoms with Crippen LogP contribution in [0.1, 0.15) is 55.8 Å². The minimum Gasteiger partial charge on any atom is -0.330 e. The molecule has 1 aliphatic carbocycles. The third-order valence-corrected chi connectivity index (χ3v) is 4.55. The number of benzene rings is 2.